The molecule has 0 aliphatic carbocycles. The molecule has 0 bridgehead atoms. The molecule has 0 atom stereocenters. The molecule has 2 aromatic carbocycles. The highest BCUT2D eigenvalue weighted by Crippen LogP contribution is 2.30. The molecular formula is C22H26F3N3O2. The number of hydrogen-bond acceptors (Lipinski definition) is 4. The van der Waals surface area contributed by atoms with Crippen molar-refractivity contribution in [3.8, 4) is 0 Å². The molecule has 0 saturated heterocycles. The van der Waals surface area contributed by atoms with Gasteiger partial charge in [0.1, 0.15) is 6.61 Å². The van der Waals surface area contributed by atoms with Crippen LogP contribution in [0.15, 0.2) is 47.6 Å². The van der Waals surface area contributed by atoms with Gasteiger partial charge in [0, 0.05) is 12.0 Å². The summed E-state index contributed by atoms with van der Waals surface area (Å²) in [4.78, 5) is 17.5. The number of nitrogens with zero attached hydrogens (tertiary/aromatic N) is 2. The van der Waals surface area contributed by atoms with Gasteiger partial charge in [0.25, 0.3) is 0 Å². The van der Waals surface area contributed by atoms with Crippen LogP contribution in [-0.2, 0) is 28.8 Å². The lowest BCUT2D eigenvalue weighted by Crippen LogP contribution is -2.37. The predicted molar refractivity (Wildman–Crippen MR) is 111 cm³/mol. The number of carbonyl (C=O) groups is 1. The van der Waals surface area contributed by atoms with Gasteiger partial charge in [-0.2, -0.15) is 13.2 Å². The van der Waals surface area contributed by atoms with Crippen molar-refractivity contribution in [2.24, 2.45) is 11.0 Å². The highest BCUT2D eigenvalue weighted by atomic mass is 19.4. The van der Waals surface area contributed by atoms with Gasteiger partial charge in [0.05, 0.1) is 17.0 Å². The van der Waals surface area contributed by atoms with E-state index < -0.39 is 11.7 Å². The summed E-state index contributed by atoms with van der Waals surface area (Å²) in [6.07, 6.45) is -3.10. The van der Waals surface area contributed by atoms with E-state index in [1.54, 1.807) is 26.0 Å². The van der Waals surface area contributed by atoms with E-state index in [0.29, 0.717) is 35.4 Å². The number of hydrogen-bond donors (Lipinski definition) is 1. The molecule has 0 aliphatic heterocycles. The van der Waals surface area contributed by atoms with E-state index in [1.165, 1.54) is 6.07 Å². The summed E-state index contributed by atoms with van der Waals surface area (Å²) in [6.45, 7) is 5.51. The fourth-order valence-electron chi connectivity index (χ4n) is 3.02. The molecule has 0 saturated carbocycles. The van der Waals surface area contributed by atoms with E-state index in [2.05, 4.69) is 5.16 Å². The Labute approximate surface area is 174 Å². The second kappa shape index (κ2) is 10.2. The largest absolute Gasteiger partial charge is 0.416 e. The van der Waals surface area contributed by atoms with Gasteiger partial charge < -0.3 is 4.84 Å². The maximum atomic E-state index is 13.0. The van der Waals surface area contributed by atoms with Crippen molar-refractivity contribution >= 4 is 17.3 Å². The summed E-state index contributed by atoms with van der Waals surface area (Å²) in [7, 11) is 0. The summed E-state index contributed by atoms with van der Waals surface area (Å²) in [6, 6.07) is 10.4. The van der Waals surface area contributed by atoms with Crippen LogP contribution in [0.25, 0.3) is 0 Å². The third-order valence-corrected chi connectivity index (χ3v) is 4.70. The molecule has 0 radical (unpaired) electrons. The van der Waals surface area contributed by atoms with Crippen molar-refractivity contribution in [3.63, 3.8) is 0 Å². The Hall–Kier alpha value is -2.87. The lowest BCUT2D eigenvalue weighted by molar-refractivity contribution is -0.137. The number of aryl methyl sites for hydroxylation is 1. The molecule has 30 heavy (non-hydrogen) atoms. The van der Waals surface area contributed by atoms with Gasteiger partial charge in [-0.1, -0.05) is 50.2 Å². The zero-order valence-electron chi connectivity index (χ0n) is 17.3. The number of hydrazine groups is 1. The molecule has 0 aliphatic rings. The van der Waals surface area contributed by atoms with Crippen molar-refractivity contribution in [3.05, 3.63) is 64.7 Å². The number of halogens is 3. The fourth-order valence-corrected chi connectivity index (χ4v) is 3.02. The summed E-state index contributed by atoms with van der Waals surface area (Å²) >= 11 is 0. The van der Waals surface area contributed by atoms with Crippen LogP contribution in [0.5, 0.6) is 0 Å². The quantitative estimate of drug-likeness (QED) is 0.275. The van der Waals surface area contributed by atoms with Crippen LogP contribution >= 0.6 is 0 Å². The van der Waals surface area contributed by atoms with Gasteiger partial charge >= 0.3 is 6.18 Å². The molecule has 2 aromatic rings. The van der Waals surface area contributed by atoms with Crippen LogP contribution in [0, 0.1) is 0 Å². The molecule has 1 amide bonds. The summed E-state index contributed by atoms with van der Waals surface area (Å²) < 4.78 is 39.0. The van der Waals surface area contributed by atoms with Crippen LogP contribution in [0.4, 0.5) is 18.9 Å². The molecule has 2 N–H and O–H groups in total. The van der Waals surface area contributed by atoms with Crippen LogP contribution in [0.2, 0.25) is 0 Å². The molecule has 0 spiro atoms. The number of oxime groups is 1. The summed E-state index contributed by atoms with van der Waals surface area (Å²) in [5.74, 6) is 5.72. The Morgan fingerprint density at radius 3 is 2.40 bits per heavy atom. The van der Waals surface area contributed by atoms with Gasteiger partial charge in [-0.15, -0.1) is 0 Å². The number of carbonyl (C=O) groups excluding carboxylic acids is 1. The second-order valence-corrected chi connectivity index (χ2v) is 6.63. The average Bonchev–Trinajstić information content (AvgIpc) is 2.75. The average molecular weight is 421 g/mol. The Balaban J connectivity index is 2.30. The summed E-state index contributed by atoms with van der Waals surface area (Å²) in [5.41, 5.74) is 2.18. The minimum absolute atomic E-state index is 0.0342. The third kappa shape index (κ3) is 5.60. The molecule has 0 fully saturated rings. The first kappa shape index (κ1) is 23.4. The Morgan fingerprint density at radius 1 is 1.10 bits per heavy atom. The first-order chi connectivity index (χ1) is 14.2. The molecule has 0 aromatic heterocycles. The fraction of sp³-hybridized carbons (Fsp3) is 0.364. The number of nitrogens with two attached hydrogens (primary N) is 1. The predicted octanol–water partition coefficient (Wildman–Crippen LogP) is 5.22. The topological polar surface area (TPSA) is 67.9 Å². The number of rotatable bonds is 8. The second-order valence-electron chi connectivity index (χ2n) is 6.63. The Morgan fingerprint density at radius 2 is 1.80 bits per heavy atom. The maximum Gasteiger partial charge on any atom is 0.416 e. The number of anilines is 1. The number of alkyl halides is 3. The number of amides is 1. The van der Waals surface area contributed by atoms with Crippen molar-refractivity contribution in [1.82, 2.24) is 0 Å². The van der Waals surface area contributed by atoms with E-state index >= 15 is 0 Å². The first-order valence-electron chi connectivity index (χ1n) is 9.77. The van der Waals surface area contributed by atoms with Crippen LogP contribution in [-0.4, -0.2) is 11.6 Å². The van der Waals surface area contributed by atoms with Gasteiger partial charge in [0.15, 0.2) is 0 Å². The Kier molecular flexibility index (Phi) is 8.00. The van der Waals surface area contributed by atoms with Crippen LogP contribution in [0.1, 0.15) is 55.9 Å². The highest BCUT2D eigenvalue weighted by molar-refractivity contribution is 6.00. The van der Waals surface area contributed by atoms with Crippen molar-refractivity contribution in [1.29, 1.82) is 0 Å². The van der Waals surface area contributed by atoms with E-state index in [1.807, 2.05) is 19.1 Å². The van der Waals surface area contributed by atoms with E-state index in [-0.39, 0.29) is 18.9 Å². The first-order valence-corrected chi connectivity index (χ1v) is 9.77. The molecule has 5 nitrogen and oxygen atoms in total. The van der Waals surface area contributed by atoms with E-state index in [9.17, 15) is 18.0 Å². The zero-order chi connectivity index (χ0) is 22.3. The number of benzene rings is 2. The normalized spacial score (nSPS) is 12.0. The molecule has 2 rings (SSSR count). The van der Waals surface area contributed by atoms with Gasteiger partial charge in [0.2, 0.25) is 5.91 Å². The van der Waals surface area contributed by atoms with Crippen molar-refractivity contribution in [2.75, 3.05) is 5.01 Å². The molecule has 0 unspecified atom stereocenters. The minimum Gasteiger partial charge on any atom is -0.391 e. The SMILES string of the molecule is CCC(=O)N(N)c1cccc(CC)c1CO/N=C(/CC)c1cccc(C(F)(F)F)c1. The minimum atomic E-state index is -4.43. The monoisotopic (exact) mass is 421 g/mol. The molecule has 0 heterocycles. The van der Waals surface area contributed by atoms with E-state index in [0.717, 1.165) is 22.7 Å². The third-order valence-electron chi connectivity index (χ3n) is 4.70. The van der Waals surface area contributed by atoms with Crippen molar-refractivity contribution < 1.29 is 22.8 Å². The van der Waals surface area contributed by atoms with E-state index in [4.69, 9.17) is 10.7 Å². The summed E-state index contributed by atoms with van der Waals surface area (Å²) in [5, 5.41) is 5.17. The van der Waals surface area contributed by atoms with Gasteiger partial charge in [-0.25, -0.2) is 10.9 Å². The van der Waals surface area contributed by atoms with Crippen LogP contribution in [0.3, 0.4) is 0 Å². The van der Waals surface area contributed by atoms with Gasteiger partial charge in [-0.3, -0.25) is 4.79 Å². The smallest absolute Gasteiger partial charge is 0.391 e. The standard InChI is InChI=1S/C22H26F3N3O2/c1-4-15-9-8-12-20(28(26)21(29)6-3)18(15)14-30-27-19(5-2)16-10-7-11-17(13-16)22(23,24)25/h7-13H,4-6,14,26H2,1-3H3/b27-19-. The molecular weight excluding hydrogens is 395 g/mol. The lowest BCUT2D eigenvalue weighted by Gasteiger charge is -2.21. The molecule has 8 heteroatoms. The van der Waals surface area contributed by atoms with Crippen molar-refractivity contribution in [2.45, 2.75) is 52.8 Å². The van der Waals surface area contributed by atoms with Gasteiger partial charge in [-0.05, 0) is 42.2 Å². The zero-order valence-corrected chi connectivity index (χ0v) is 17.3. The Bertz CT molecular complexity index is 911. The lowest BCUT2D eigenvalue weighted by atomic mass is 10.0. The molecule has 162 valence electrons. The maximum absolute atomic E-state index is 13.0. The highest BCUT2D eigenvalue weighted by Gasteiger charge is 2.30. The van der Waals surface area contributed by atoms with Crippen LogP contribution < -0.4 is 10.9 Å².